The summed E-state index contributed by atoms with van der Waals surface area (Å²) in [7, 11) is 3.35. The molecule has 1 atom stereocenters. The van der Waals surface area contributed by atoms with Crippen molar-refractivity contribution in [2.75, 3.05) is 19.2 Å². The molecule has 6 heteroatoms. The minimum atomic E-state index is -0.0653. The molecular weight excluding hydrogens is 472 g/mol. The van der Waals surface area contributed by atoms with Gasteiger partial charge in [0.1, 0.15) is 11.5 Å². The minimum Gasteiger partial charge on any atom is -0.497 e. The Morgan fingerprint density at radius 2 is 1.42 bits per heavy atom. The fourth-order valence-corrected chi connectivity index (χ4v) is 4.89. The molecule has 0 unspecified atom stereocenters. The van der Waals surface area contributed by atoms with E-state index in [1.54, 1.807) is 14.2 Å². The van der Waals surface area contributed by atoms with Crippen molar-refractivity contribution in [1.29, 1.82) is 0 Å². The molecule has 0 N–H and O–H groups in total. The summed E-state index contributed by atoms with van der Waals surface area (Å²) in [5, 5.41) is 8.09. The average molecular weight is 501 g/mol. The smallest absolute Gasteiger partial charge is 0.247 e. The fourth-order valence-electron chi connectivity index (χ4n) is 4.89. The van der Waals surface area contributed by atoms with E-state index in [0.717, 1.165) is 50.5 Å². The maximum absolute atomic E-state index is 5.40. The number of anilines is 1. The number of aromatic nitrogens is 2. The SMILES string of the molecule is COc1ccc(C2=NN(c3nc(-c4ccccc4)c4cc(C)ccc4n3)[C@@H](c3ccc(OC)cc3)C2)cc1. The molecule has 0 radical (unpaired) electrons. The molecule has 1 aliphatic rings. The number of fused-ring (bicyclic) bond motifs is 1. The molecule has 0 amide bonds. The largest absolute Gasteiger partial charge is 0.497 e. The highest BCUT2D eigenvalue weighted by atomic mass is 16.5. The third-order valence-electron chi connectivity index (χ3n) is 6.93. The summed E-state index contributed by atoms with van der Waals surface area (Å²) in [5.41, 5.74) is 7.15. The van der Waals surface area contributed by atoms with E-state index < -0.39 is 0 Å². The average Bonchev–Trinajstić information content (AvgIpc) is 3.43. The normalized spacial score (nSPS) is 15.0. The number of ether oxygens (including phenoxy) is 2. The maximum atomic E-state index is 5.40. The van der Waals surface area contributed by atoms with Gasteiger partial charge in [-0.05, 0) is 66.6 Å². The predicted octanol–water partition coefficient (Wildman–Crippen LogP) is 6.98. The standard InChI is InChI=1S/C32H28N4O2/c1-21-9-18-28-27(19-21)31(24-7-5-4-6-8-24)34-32(33-28)36-30(23-12-16-26(38-3)17-13-23)20-29(35-36)22-10-14-25(37-2)15-11-22/h4-19,30H,20H2,1-3H3/t30-/m1/s1. The van der Waals surface area contributed by atoms with Crippen molar-refractivity contribution in [1.82, 2.24) is 9.97 Å². The summed E-state index contributed by atoms with van der Waals surface area (Å²) in [6, 6.07) is 32.7. The van der Waals surface area contributed by atoms with Crippen molar-refractivity contribution in [3.05, 3.63) is 114 Å². The second-order valence-corrected chi connectivity index (χ2v) is 9.37. The third kappa shape index (κ3) is 4.45. The highest BCUT2D eigenvalue weighted by molar-refractivity contribution is 6.03. The summed E-state index contributed by atoms with van der Waals surface area (Å²) >= 11 is 0. The van der Waals surface area contributed by atoms with E-state index in [0.29, 0.717) is 12.4 Å². The lowest BCUT2D eigenvalue weighted by molar-refractivity contribution is 0.414. The number of methoxy groups -OCH3 is 2. The van der Waals surface area contributed by atoms with E-state index in [-0.39, 0.29) is 6.04 Å². The van der Waals surface area contributed by atoms with Crippen LogP contribution in [-0.2, 0) is 0 Å². The van der Waals surface area contributed by atoms with Gasteiger partial charge in [-0.15, -0.1) is 0 Å². The van der Waals surface area contributed by atoms with Crippen LogP contribution >= 0.6 is 0 Å². The molecular formula is C32H28N4O2. The molecule has 5 aromatic rings. The fraction of sp³-hybridized carbons (Fsp3) is 0.156. The van der Waals surface area contributed by atoms with Gasteiger partial charge in [-0.1, -0.05) is 54.1 Å². The van der Waals surface area contributed by atoms with E-state index in [4.69, 9.17) is 24.5 Å². The molecule has 0 spiro atoms. The molecule has 4 aromatic carbocycles. The maximum Gasteiger partial charge on any atom is 0.247 e. The first kappa shape index (κ1) is 23.7. The molecule has 0 aliphatic carbocycles. The summed E-state index contributed by atoms with van der Waals surface area (Å²) < 4.78 is 10.8. The van der Waals surface area contributed by atoms with Gasteiger partial charge in [0.15, 0.2) is 0 Å². The number of rotatable bonds is 6. The Morgan fingerprint density at radius 1 is 0.737 bits per heavy atom. The van der Waals surface area contributed by atoms with Crippen LogP contribution in [0.4, 0.5) is 5.95 Å². The topological polar surface area (TPSA) is 59.8 Å². The molecule has 188 valence electrons. The zero-order chi connectivity index (χ0) is 26.1. The van der Waals surface area contributed by atoms with Gasteiger partial charge < -0.3 is 9.47 Å². The first-order valence-electron chi connectivity index (χ1n) is 12.6. The van der Waals surface area contributed by atoms with Gasteiger partial charge in [-0.25, -0.2) is 15.0 Å². The highest BCUT2D eigenvalue weighted by Gasteiger charge is 2.32. The molecule has 0 fully saturated rings. The molecule has 0 saturated carbocycles. The summed E-state index contributed by atoms with van der Waals surface area (Å²) in [4.78, 5) is 10.1. The van der Waals surface area contributed by atoms with Gasteiger partial charge >= 0.3 is 0 Å². The number of benzene rings is 4. The van der Waals surface area contributed by atoms with Crippen molar-refractivity contribution in [3.8, 4) is 22.8 Å². The van der Waals surface area contributed by atoms with Gasteiger partial charge in [-0.2, -0.15) is 5.10 Å². The van der Waals surface area contributed by atoms with Gasteiger partial charge in [0.25, 0.3) is 0 Å². The molecule has 1 aromatic heterocycles. The summed E-state index contributed by atoms with van der Waals surface area (Å²) in [6.07, 6.45) is 0.717. The van der Waals surface area contributed by atoms with Crippen LogP contribution in [0.25, 0.3) is 22.2 Å². The van der Waals surface area contributed by atoms with E-state index in [1.807, 2.05) is 59.6 Å². The van der Waals surface area contributed by atoms with Crippen LogP contribution in [0.2, 0.25) is 0 Å². The van der Waals surface area contributed by atoms with E-state index >= 15 is 0 Å². The Labute approximate surface area is 222 Å². The third-order valence-corrected chi connectivity index (χ3v) is 6.93. The second-order valence-electron chi connectivity index (χ2n) is 9.37. The quantitative estimate of drug-likeness (QED) is 0.252. The Balaban J connectivity index is 1.51. The molecule has 2 heterocycles. The lowest BCUT2D eigenvalue weighted by Gasteiger charge is -2.23. The zero-order valence-corrected chi connectivity index (χ0v) is 21.6. The Bertz CT molecular complexity index is 1610. The summed E-state index contributed by atoms with van der Waals surface area (Å²) in [5.74, 6) is 2.21. The predicted molar refractivity (Wildman–Crippen MR) is 152 cm³/mol. The van der Waals surface area contributed by atoms with Gasteiger partial charge in [0.05, 0.1) is 37.2 Å². The van der Waals surface area contributed by atoms with Crippen molar-refractivity contribution in [2.45, 2.75) is 19.4 Å². The van der Waals surface area contributed by atoms with Crippen molar-refractivity contribution < 1.29 is 9.47 Å². The Hall–Kier alpha value is -4.71. The number of hydrogen-bond donors (Lipinski definition) is 0. The lowest BCUT2D eigenvalue weighted by Crippen LogP contribution is -2.21. The monoisotopic (exact) mass is 500 g/mol. The van der Waals surface area contributed by atoms with Crippen LogP contribution in [0.3, 0.4) is 0 Å². The van der Waals surface area contributed by atoms with Crippen LogP contribution < -0.4 is 14.5 Å². The highest BCUT2D eigenvalue weighted by Crippen LogP contribution is 2.38. The first-order chi connectivity index (χ1) is 18.6. The number of hydrogen-bond acceptors (Lipinski definition) is 6. The van der Waals surface area contributed by atoms with Crippen LogP contribution in [0.1, 0.15) is 29.2 Å². The molecule has 0 bridgehead atoms. The van der Waals surface area contributed by atoms with Crippen LogP contribution in [0.15, 0.2) is 102 Å². The first-order valence-corrected chi connectivity index (χ1v) is 12.6. The zero-order valence-electron chi connectivity index (χ0n) is 21.6. The van der Waals surface area contributed by atoms with Crippen LogP contribution in [0, 0.1) is 6.92 Å². The van der Waals surface area contributed by atoms with Crippen molar-refractivity contribution in [3.63, 3.8) is 0 Å². The van der Waals surface area contributed by atoms with Crippen molar-refractivity contribution >= 4 is 22.6 Å². The summed E-state index contributed by atoms with van der Waals surface area (Å²) in [6.45, 7) is 2.09. The van der Waals surface area contributed by atoms with E-state index in [2.05, 4.69) is 49.4 Å². The van der Waals surface area contributed by atoms with E-state index in [1.165, 1.54) is 5.56 Å². The Morgan fingerprint density at radius 3 is 2.11 bits per heavy atom. The lowest BCUT2D eigenvalue weighted by atomic mass is 9.98. The molecule has 38 heavy (non-hydrogen) atoms. The number of hydrazone groups is 1. The van der Waals surface area contributed by atoms with Crippen molar-refractivity contribution in [2.24, 2.45) is 5.10 Å². The van der Waals surface area contributed by atoms with Crippen LogP contribution in [0.5, 0.6) is 11.5 Å². The molecule has 1 aliphatic heterocycles. The minimum absolute atomic E-state index is 0.0653. The number of nitrogens with zero attached hydrogens (tertiary/aromatic N) is 4. The second kappa shape index (κ2) is 9.98. The molecule has 0 saturated heterocycles. The Kier molecular flexibility index (Phi) is 6.22. The van der Waals surface area contributed by atoms with Gasteiger partial charge in [0, 0.05) is 17.4 Å². The number of aryl methyl sites for hydroxylation is 1. The van der Waals surface area contributed by atoms with Crippen LogP contribution in [-0.4, -0.2) is 29.9 Å². The van der Waals surface area contributed by atoms with Gasteiger partial charge in [0.2, 0.25) is 5.95 Å². The van der Waals surface area contributed by atoms with E-state index in [9.17, 15) is 0 Å². The molecule has 6 nitrogen and oxygen atoms in total. The van der Waals surface area contributed by atoms with Gasteiger partial charge in [-0.3, -0.25) is 0 Å². The molecule has 6 rings (SSSR count).